The van der Waals surface area contributed by atoms with Crippen molar-refractivity contribution in [3.63, 3.8) is 0 Å². The van der Waals surface area contributed by atoms with Crippen LogP contribution < -0.4 is 4.68 Å². The normalized spacial score (nSPS) is 15.5. The van der Waals surface area contributed by atoms with E-state index in [1.165, 1.54) is 16.5 Å². The molecule has 1 aromatic heterocycles. The molecule has 4 rings (SSSR count). The third kappa shape index (κ3) is 2.56. The zero-order valence-electron chi connectivity index (χ0n) is 16.1. The van der Waals surface area contributed by atoms with Crippen LogP contribution in [0.15, 0.2) is 42.6 Å². The van der Waals surface area contributed by atoms with Gasteiger partial charge in [-0.05, 0) is 60.7 Å². The van der Waals surface area contributed by atoms with E-state index in [0.29, 0.717) is 0 Å². The molecule has 2 nitrogen and oxygen atoms in total. The maximum Gasteiger partial charge on any atom is 0.203 e. The molecule has 3 heteroatoms. The van der Waals surface area contributed by atoms with Crippen LogP contribution >= 0.6 is 0 Å². The number of fused-ring (bicyclic) bond motifs is 5. The quantitative estimate of drug-likeness (QED) is 0.551. The summed E-state index contributed by atoms with van der Waals surface area (Å²) in [6.07, 6.45) is 7.64. The summed E-state index contributed by atoms with van der Waals surface area (Å²) in [6, 6.07) is 12.1. The minimum atomic E-state index is -0.134. The molecule has 0 unspecified atom stereocenters. The maximum atomic E-state index is 14.2. The van der Waals surface area contributed by atoms with Crippen molar-refractivity contribution in [2.75, 3.05) is 0 Å². The van der Waals surface area contributed by atoms with E-state index in [4.69, 9.17) is 0 Å². The van der Waals surface area contributed by atoms with Crippen molar-refractivity contribution in [1.29, 1.82) is 0 Å². The molecule has 0 radical (unpaired) electrons. The lowest BCUT2D eigenvalue weighted by atomic mass is 9.73. The summed E-state index contributed by atoms with van der Waals surface area (Å²) in [5.41, 5.74) is 4.92. The summed E-state index contributed by atoms with van der Waals surface area (Å²) in [5.74, 6) is -0.134. The molecule has 0 atom stereocenters. The van der Waals surface area contributed by atoms with Gasteiger partial charge in [0.25, 0.3) is 0 Å². The van der Waals surface area contributed by atoms with Gasteiger partial charge in [0, 0.05) is 11.8 Å². The van der Waals surface area contributed by atoms with E-state index in [1.54, 1.807) is 12.1 Å². The van der Waals surface area contributed by atoms with Gasteiger partial charge in [-0.1, -0.05) is 33.3 Å². The maximum absolute atomic E-state index is 14.2. The summed E-state index contributed by atoms with van der Waals surface area (Å²) in [5, 5.41) is 1.27. The Balaban J connectivity index is 1.99. The first kappa shape index (κ1) is 17.3. The number of aryl methyl sites for hydroxylation is 2. The van der Waals surface area contributed by atoms with Crippen molar-refractivity contribution in [1.82, 2.24) is 4.68 Å². The number of hydrogen-bond acceptors (Lipinski definition) is 0. The van der Waals surface area contributed by atoms with Crippen LogP contribution in [0.25, 0.3) is 16.6 Å². The Morgan fingerprint density at radius 1 is 1.08 bits per heavy atom. The standard InChI is InChI=1S/C23H28FN2/c1-4-7-17-8-10-21-18(14-17)16-25-13-12-23(5-2,6-3)20-15-19(24)9-11-22(20)26(21)25/h8-11,14-16H,4-7,12-13H2,1-3H3/q+1. The summed E-state index contributed by atoms with van der Waals surface area (Å²) in [4.78, 5) is 0. The molecule has 0 saturated carbocycles. The third-order valence-corrected chi connectivity index (χ3v) is 6.33. The average molecular weight is 351 g/mol. The lowest BCUT2D eigenvalue weighted by Gasteiger charge is -2.30. The van der Waals surface area contributed by atoms with Crippen LogP contribution in [0.1, 0.15) is 57.6 Å². The highest BCUT2D eigenvalue weighted by molar-refractivity contribution is 5.80. The van der Waals surface area contributed by atoms with E-state index < -0.39 is 0 Å². The number of nitrogens with zero attached hydrogens (tertiary/aromatic N) is 2. The SMILES string of the molecule is CCCc1ccc2c(c1)c[n+]1n2-c2ccc(F)cc2C(CC)(CC)CC1. The number of hydrogen-bond donors (Lipinski definition) is 0. The van der Waals surface area contributed by atoms with E-state index in [1.807, 2.05) is 6.07 Å². The molecule has 0 fully saturated rings. The predicted molar refractivity (Wildman–Crippen MR) is 104 cm³/mol. The average Bonchev–Trinajstić information content (AvgIpc) is 2.95. The molecule has 26 heavy (non-hydrogen) atoms. The van der Waals surface area contributed by atoms with E-state index >= 15 is 0 Å². The van der Waals surface area contributed by atoms with Crippen LogP contribution in [0.2, 0.25) is 0 Å². The zero-order valence-corrected chi connectivity index (χ0v) is 16.1. The number of halogens is 1. The van der Waals surface area contributed by atoms with Gasteiger partial charge in [-0.25, -0.2) is 4.39 Å². The monoisotopic (exact) mass is 351 g/mol. The van der Waals surface area contributed by atoms with Gasteiger partial charge in [-0.2, -0.15) is 0 Å². The molecule has 1 aliphatic heterocycles. The van der Waals surface area contributed by atoms with Crippen LogP contribution in [0, 0.1) is 5.82 Å². The Bertz CT molecular complexity index is 950. The highest BCUT2D eigenvalue weighted by Gasteiger charge is 2.38. The summed E-state index contributed by atoms with van der Waals surface area (Å²) in [6.45, 7) is 7.64. The van der Waals surface area contributed by atoms with Gasteiger partial charge < -0.3 is 0 Å². The Morgan fingerprint density at radius 2 is 1.88 bits per heavy atom. The Kier molecular flexibility index (Phi) is 4.34. The van der Waals surface area contributed by atoms with E-state index in [-0.39, 0.29) is 11.2 Å². The first-order valence-corrected chi connectivity index (χ1v) is 9.96. The van der Waals surface area contributed by atoms with Crippen LogP contribution in [0.3, 0.4) is 0 Å². The molecule has 1 aliphatic rings. The van der Waals surface area contributed by atoms with Gasteiger partial charge in [0.1, 0.15) is 17.0 Å². The minimum absolute atomic E-state index is 0.0396. The van der Waals surface area contributed by atoms with Gasteiger partial charge in [0.2, 0.25) is 6.20 Å². The molecule has 136 valence electrons. The summed E-state index contributed by atoms with van der Waals surface area (Å²) >= 11 is 0. The minimum Gasteiger partial charge on any atom is -0.207 e. The second-order valence-corrected chi connectivity index (χ2v) is 7.65. The van der Waals surface area contributed by atoms with Crippen molar-refractivity contribution in [2.45, 2.75) is 64.8 Å². The lowest BCUT2D eigenvalue weighted by Crippen LogP contribution is -2.41. The van der Waals surface area contributed by atoms with E-state index in [9.17, 15) is 4.39 Å². The highest BCUT2D eigenvalue weighted by Crippen LogP contribution is 2.41. The third-order valence-electron chi connectivity index (χ3n) is 6.33. The number of aromatic nitrogens is 2. The topological polar surface area (TPSA) is 8.81 Å². The second kappa shape index (κ2) is 6.53. The van der Waals surface area contributed by atoms with Crippen molar-refractivity contribution in [2.24, 2.45) is 0 Å². The largest absolute Gasteiger partial charge is 0.207 e. The molecular formula is C23H28FN2+. The molecule has 0 bridgehead atoms. The Hall–Kier alpha value is -2.16. The van der Waals surface area contributed by atoms with Crippen molar-refractivity contribution < 1.29 is 9.07 Å². The van der Waals surface area contributed by atoms with Crippen molar-refractivity contribution >= 4 is 10.9 Å². The van der Waals surface area contributed by atoms with Gasteiger partial charge >= 0.3 is 0 Å². The van der Waals surface area contributed by atoms with Gasteiger partial charge in [0.15, 0.2) is 6.54 Å². The fourth-order valence-corrected chi connectivity index (χ4v) is 4.70. The number of benzene rings is 2. The van der Waals surface area contributed by atoms with Crippen molar-refractivity contribution in [3.8, 4) is 5.69 Å². The van der Waals surface area contributed by atoms with E-state index in [2.05, 4.69) is 54.5 Å². The van der Waals surface area contributed by atoms with Gasteiger partial charge in [-0.3, -0.25) is 0 Å². The summed E-state index contributed by atoms with van der Waals surface area (Å²) in [7, 11) is 0. The highest BCUT2D eigenvalue weighted by atomic mass is 19.1. The van der Waals surface area contributed by atoms with Gasteiger partial charge in [-0.15, -0.1) is 9.36 Å². The Morgan fingerprint density at radius 3 is 2.62 bits per heavy atom. The van der Waals surface area contributed by atoms with Crippen LogP contribution in [-0.2, 0) is 18.4 Å². The molecule has 2 aromatic carbocycles. The Labute approximate surface area is 155 Å². The van der Waals surface area contributed by atoms with Crippen molar-refractivity contribution in [3.05, 3.63) is 59.5 Å². The van der Waals surface area contributed by atoms with Crippen LogP contribution in [-0.4, -0.2) is 4.68 Å². The molecule has 0 spiro atoms. The second-order valence-electron chi connectivity index (χ2n) is 7.65. The smallest absolute Gasteiger partial charge is 0.203 e. The van der Waals surface area contributed by atoms with Crippen LogP contribution in [0.5, 0.6) is 0 Å². The zero-order chi connectivity index (χ0) is 18.3. The molecule has 0 saturated heterocycles. The van der Waals surface area contributed by atoms with Gasteiger partial charge in [0.05, 0.1) is 5.39 Å². The van der Waals surface area contributed by atoms with E-state index in [0.717, 1.165) is 49.9 Å². The lowest BCUT2D eigenvalue weighted by molar-refractivity contribution is -0.764. The fraction of sp³-hybridized carbons (Fsp3) is 0.435. The summed E-state index contributed by atoms with van der Waals surface area (Å²) < 4.78 is 18.8. The first-order valence-electron chi connectivity index (χ1n) is 9.96. The number of rotatable bonds is 4. The fourth-order valence-electron chi connectivity index (χ4n) is 4.70. The molecule has 0 amide bonds. The molecular weight excluding hydrogens is 323 g/mol. The molecule has 0 N–H and O–H groups in total. The first-order chi connectivity index (χ1) is 12.6. The molecule has 2 heterocycles. The molecule has 0 aliphatic carbocycles. The van der Waals surface area contributed by atoms with Crippen LogP contribution in [0.4, 0.5) is 4.39 Å². The molecule has 3 aromatic rings. The predicted octanol–water partition coefficient (Wildman–Crippen LogP) is 5.47.